The van der Waals surface area contributed by atoms with Crippen molar-refractivity contribution in [3.8, 4) is 78.7 Å². The van der Waals surface area contributed by atoms with Crippen LogP contribution in [-0.2, 0) is 5.41 Å². The van der Waals surface area contributed by atoms with Gasteiger partial charge in [0.1, 0.15) is 0 Å². The second-order valence-electron chi connectivity index (χ2n) is 14.3. The molecule has 0 unspecified atom stereocenters. The maximum absolute atomic E-state index is 5.11. The van der Waals surface area contributed by atoms with E-state index in [4.69, 9.17) is 15.0 Å². The van der Waals surface area contributed by atoms with E-state index in [-0.39, 0.29) is 0 Å². The van der Waals surface area contributed by atoms with Gasteiger partial charge in [0, 0.05) is 16.7 Å². The molecule has 0 saturated heterocycles. The lowest BCUT2D eigenvalue weighted by atomic mass is 9.68. The Bertz CT molecular complexity index is 2850. The van der Waals surface area contributed by atoms with Crippen LogP contribution in [-0.4, -0.2) is 15.0 Å². The largest absolute Gasteiger partial charge is 0.208 e. The van der Waals surface area contributed by atoms with E-state index in [1.807, 2.05) is 24.3 Å². The topological polar surface area (TPSA) is 38.7 Å². The Balaban J connectivity index is 1.06. The molecule has 0 atom stereocenters. The predicted octanol–water partition coefficient (Wildman–Crippen LogP) is 12.6. The Morgan fingerprint density at radius 1 is 0.255 bits per heavy atom. The van der Waals surface area contributed by atoms with Crippen LogP contribution in [0.15, 0.2) is 200 Å². The average Bonchev–Trinajstić information content (AvgIpc) is 3.75. The van der Waals surface area contributed by atoms with Crippen LogP contribution < -0.4 is 0 Å². The Kier molecular flexibility index (Phi) is 7.08. The molecule has 55 heavy (non-hydrogen) atoms. The molecule has 256 valence electrons. The zero-order valence-corrected chi connectivity index (χ0v) is 29.9. The van der Waals surface area contributed by atoms with Crippen molar-refractivity contribution in [2.75, 3.05) is 0 Å². The first-order valence-electron chi connectivity index (χ1n) is 18.8. The monoisotopic (exact) mass is 699 g/mol. The first kappa shape index (κ1) is 31.3. The first-order valence-corrected chi connectivity index (χ1v) is 18.8. The summed E-state index contributed by atoms with van der Waals surface area (Å²) in [6, 6.07) is 71.5. The van der Waals surface area contributed by atoms with Crippen molar-refractivity contribution in [1.82, 2.24) is 15.0 Å². The van der Waals surface area contributed by atoms with Crippen molar-refractivity contribution < 1.29 is 0 Å². The molecule has 8 aromatic carbocycles. The van der Waals surface area contributed by atoms with Gasteiger partial charge in [-0.2, -0.15) is 0 Å². The second kappa shape index (κ2) is 12.4. The van der Waals surface area contributed by atoms with E-state index in [0.29, 0.717) is 17.5 Å². The van der Waals surface area contributed by atoms with Gasteiger partial charge in [0.2, 0.25) is 0 Å². The van der Waals surface area contributed by atoms with Crippen LogP contribution in [0.2, 0.25) is 0 Å². The molecule has 0 bridgehead atoms. The molecule has 9 aromatic rings. The van der Waals surface area contributed by atoms with Crippen LogP contribution in [0.5, 0.6) is 0 Å². The molecule has 0 fully saturated rings. The van der Waals surface area contributed by atoms with Gasteiger partial charge in [-0.05, 0) is 72.8 Å². The van der Waals surface area contributed by atoms with Gasteiger partial charge >= 0.3 is 0 Å². The summed E-state index contributed by atoms with van der Waals surface area (Å²) in [6.07, 6.45) is 0. The molecule has 0 amide bonds. The normalized spacial score (nSPS) is 12.9. The van der Waals surface area contributed by atoms with Crippen LogP contribution in [0, 0.1) is 0 Å². The van der Waals surface area contributed by atoms with Gasteiger partial charge in [-0.15, -0.1) is 0 Å². The van der Waals surface area contributed by atoms with Gasteiger partial charge in [-0.1, -0.05) is 194 Å². The molecule has 0 aliphatic heterocycles. The summed E-state index contributed by atoms with van der Waals surface area (Å²) in [5, 5.41) is 0. The van der Waals surface area contributed by atoms with E-state index >= 15 is 0 Å². The number of hydrogen-bond acceptors (Lipinski definition) is 3. The molecule has 1 heterocycles. The molecular weight excluding hydrogens is 667 g/mol. The fourth-order valence-corrected chi connectivity index (χ4v) is 9.01. The Morgan fingerprint density at radius 3 is 1.24 bits per heavy atom. The minimum atomic E-state index is -0.420. The van der Waals surface area contributed by atoms with E-state index in [0.717, 1.165) is 33.4 Å². The second-order valence-corrected chi connectivity index (χ2v) is 14.3. The Hall–Kier alpha value is -7.23. The van der Waals surface area contributed by atoms with Crippen LogP contribution in [0.3, 0.4) is 0 Å². The van der Waals surface area contributed by atoms with Crippen LogP contribution in [0.25, 0.3) is 78.7 Å². The van der Waals surface area contributed by atoms with Crippen LogP contribution in [0.1, 0.15) is 22.3 Å². The van der Waals surface area contributed by atoms with Gasteiger partial charge in [-0.25, -0.2) is 15.0 Å². The number of aromatic nitrogens is 3. The summed E-state index contributed by atoms with van der Waals surface area (Å²) in [5.74, 6) is 1.93. The molecule has 0 N–H and O–H groups in total. The van der Waals surface area contributed by atoms with E-state index < -0.39 is 5.41 Å². The summed E-state index contributed by atoms with van der Waals surface area (Å²) < 4.78 is 0. The summed E-state index contributed by atoms with van der Waals surface area (Å²) in [6.45, 7) is 0. The van der Waals surface area contributed by atoms with Gasteiger partial charge in [0.15, 0.2) is 17.5 Å². The van der Waals surface area contributed by atoms with E-state index in [1.54, 1.807) is 0 Å². The van der Waals surface area contributed by atoms with Gasteiger partial charge in [0.05, 0.1) is 5.41 Å². The zero-order valence-electron chi connectivity index (χ0n) is 29.9. The smallest absolute Gasteiger partial charge is 0.164 e. The Morgan fingerprint density at radius 2 is 0.636 bits per heavy atom. The molecule has 0 saturated carbocycles. The number of benzene rings is 8. The number of rotatable bonds is 5. The van der Waals surface area contributed by atoms with E-state index in [9.17, 15) is 0 Å². The maximum Gasteiger partial charge on any atom is 0.164 e. The molecule has 3 nitrogen and oxygen atoms in total. The van der Waals surface area contributed by atoms with Crippen LogP contribution in [0.4, 0.5) is 0 Å². The summed E-state index contributed by atoms with van der Waals surface area (Å²) in [5.41, 5.74) is 17.6. The highest BCUT2D eigenvalue weighted by atomic mass is 15.0. The molecule has 0 radical (unpaired) electrons. The number of nitrogens with zero attached hydrogens (tertiary/aromatic N) is 3. The highest BCUT2D eigenvalue weighted by molar-refractivity contribution is 5.98. The van der Waals surface area contributed by atoms with Crippen molar-refractivity contribution in [1.29, 1.82) is 0 Å². The van der Waals surface area contributed by atoms with Crippen molar-refractivity contribution in [2.24, 2.45) is 0 Å². The Labute approximate surface area is 320 Å². The predicted molar refractivity (Wildman–Crippen MR) is 223 cm³/mol. The summed E-state index contributed by atoms with van der Waals surface area (Å²) in [4.78, 5) is 15.2. The van der Waals surface area contributed by atoms with Gasteiger partial charge in [-0.3, -0.25) is 0 Å². The summed E-state index contributed by atoms with van der Waals surface area (Å²) in [7, 11) is 0. The highest BCUT2D eigenvalue weighted by Crippen LogP contribution is 2.64. The SMILES string of the molecule is c1ccc(-c2cccc(-c3nc(-c4ccccc4)nc(-c4ccc(-c5cccc6c5C5(c7ccccc7-c7ccccc75)c5ccccc5-6)cc4)n3)c2)cc1. The molecular formula is C52H33N3. The third-order valence-corrected chi connectivity index (χ3v) is 11.4. The highest BCUT2D eigenvalue weighted by Gasteiger charge is 2.52. The van der Waals surface area contributed by atoms with Crippen molar-refractivity contribution in [3.63, 3.8) is 0 Å². The van der Waals surface area contributed by atoms with Crippen molar-refractivity contribution >= 4 is 0 Å². The lowest BCUT2D eigenvalue weighted by Gasteiger charge is -2.32. The van der Waals surface area contributed by atoms with Crippen molar-refractivity contribution in [2.45, 2.75) is 5.41 Å². The fraction of sp³-hybridized carbons (Fsp3) is 0.0192. The lowest BCUT2D eigenvalue weighted by molar-refractivity contribution is 0.796. The molecule has 3 heteroatoms. The molecule has 2 aliphatic carbocycles. The van der Waals surface area contributed by atoms with E-state index in [2.05, 4.69) is 176 Å². The zero-order chi connectivity index (χ0) is 36.3. The molecule has 2 aliphatic rings. The third kappa shape index (κ3) is 4.80. The quantitative estimate of drug-likeness (QED) is 0.179. The lowest BCUT2D eigenvalue weighted by Crippen LogP contribution is -2.26. The molecule has 1 aromatic heterocycles. The maximum atomic E-state index is 5.11. The van der Waals surface area contributed by atoms with Gasteiger partial charge < -0.3 is 0 Å². The number of hydrogen-bond donors (Lipinski definition) is 0. The minimum Gasteiger partial charge on any atom is -0.208 e. The van der Waals surface area contributed by atoms with Crippen molar-refractivity contribution in [3.05, 3.63) is 222 Å². The number of fused-ring (bicyclic) bond motifs is 10. The van der Waals surface area contributed by atoms with E-state index in [1.165, 1.54) is 50.1 Å². The standard InChI is InChI=1S/C52H33N3/c1-3-15-34(16-4-1)38-19-13-20-39(33-38)51-54-49(36-17-5-2-6-18-36)53-50(55-51)37-31-29-35(30-32-37)40-24-14-25-44-43-23-9-12-28-47(43)52(48(40)44)45-26-10-7-21-41(45)42-22-8-11-27-46(42)52/h1-33H. The third-order valence-electron chi connectivity index (χ3n) is 11.4. The molecule has 1 spiro atoms. The molecule has 11 rings (SSSR count). The minimum absolute atomic E-state index is 0.420. The van der Waals surface area contributed by atoms with Gasteiger partial charge in [0.25, 0.3) is 0 Å². The first-order chi connectivity index (χ1) is 27.3. The average molecular weight is 700 g/mol. The summed E-state index contributed by atoms with van der Waals surface area (Å²) >= 11 is 0. The van der Waals surface area contributed by atoms with Crippen LogP contribution >= 0.6 is 0 Å². The fourth-order valence-electron chi connectivity index (χ4n) is 9.01.